The molecule has 1 aromatic carbocycles. The van der Waals surface area contributed by atoms with Crippen LogP contribution in [0.15, 0.2) is 24.5 Å². The number of tetrazole rings is 1. The molecule has 0 fully saturated rings. The number of nitrogens with zero attached hydrogens (tertiary/aromatic N) is 4. The van der Waals surface area contributed by atoms with Crippen molar-refractivity contribution in [2.45, 2.75) is 33.2 Å². The lowest BCUT2D eigenvalue weighted by Crippen LogP contribution is -2.40. The van der Waals surface area contributed by atoms with E-state index >= 15 is 0 Å². The van der Waals surface area contributed by atoms with E-state index in [0.717, 1.165) is 17.7 Å². The van der Waals surface area contributed by atoms with Gasteiger partial charge in [0.05, 0.1) is 11.7 Å². The molecule has 0 saturated carbocycles. The SMILES string of the molecule is CCC(C)C(N)C(=O)Nc1cc(-n2cnnn2)ccc1C. The van der Waals surface area contributed by atoms with E-state index in [4.69, 9.17) is 5.73 Å². The van der Waals surface area contributed by atoms with Crippen molar-refractivity contribution < 1.29 is 4.79 Å². The molecule has 2 unspecified atom stereocenters. The average Bonchev–Trinajstić information content (AvgIpc) is 3.02. The van der Waals surface area contributed by atoms with Crippen LogP contribution in [0, 0.1) is 12.8 Å². The van der Waals surface area contributed by atoms with Crippen LogP contribution < -0.4 is 11.1 Å². The van der Waals surface area contributed by atoms with Crippen molar-refractivity contribution in [1.29, 1.82) is 0 Å². The number of amides is 1. The van der Waals surface area contributed by atoms with Gasteiger partial charge >= 0.3 is 0 Å². The molecule has 2 rings (SSSR count). The normalized spacial score (nSPS) is 13.7. The fourth-order valence-corrected chi connectivity index (χ4v) is 1.90. The third-order valence-corrected chi connectivity index (χ3v) is 3.65. The van der Waals surface area contributed by atoms with Crippen molar-refractivity contribution in [1.82, 2.24) is 20.2 Å². The summed E-state index contributed by atoms with van der Waals surface area (Å²) in [4.78, 5) is 12.2. The Morgan fingerprint density at radius 3 is 2.86 bits per heavy atom. The topological polar surface area (TPSA) is 98.7 Å². The second-order valence-corrected chi connectivity index (χ2v) is 5.15. The zero-order valence-electron chi connectivity index (χ0n) is 12.4. The molecule has 0 radical (unpaired) electrons. The number of aromatic nitrogens is 4. The molecule has 7 heteroatoms. The van der Waals surface area contributed by atoms with Gasteiger partial charge in [-0.15, -0.1) is 5.10 Å². The lowest BCUT2D eigenvalue weighted by atomic mass is 9.99. The van der Waals surface area contributed by atoms with Crippen molar-refractivity contribution in [3.63, 3.8) is 0 Å². The Bertz CT molecular complexity index is 610. The summed E-state index contributed by atoms with van der Waals surface area (Å²) in [5.41, 5.74) is 8.40. The van der Waals surface area contributed by atoms with Gasteiger partial charge < -0.3 is 11.1 Å². The Labute approximate surface area is 123 Å². The Kier molecular flexibility index (Phi) is 4.64. The summed E-state index contributed by atoms with van der Waals surface area (Å²) < 4.78 is 1.53. The third kappa shape index (κ3) is 3.43. The van der Waals surface area contributed by atoms with Gasteiger partial charge in [-0.05, 0) is 41.0 Å². The highest BCUT2D eigenvalue weighted by atomic mass is 16.2. The largest absolute Gasteiger partial charge is 0.324 e. The van der Waals surface area contributed by atoms with Gasteiger partial charge in [-0.3, -0.25) is 4.79 Å². The highest BCUT2D eigenvalue weighted by Gasteiger charge is 2.20. The fraction of sp³-hybridized carbons (Fsp3) is 0.429. The number of hydrogen-bond donors (Lipinski definition) is 2. The maximum absolute atomic E-state index is 12.2. The number of carbonyl (C=O) groups is 1. The Balaban J connectivity index is 2.20. The molecule has 7 nitrogen and oxygen atoms in total. The lowest BCUT2D eigenvalue weighted by Gasteiger charge is -2.18. The van der Waals surface area contributed by atoms with E-state index in [1.807, 2.05) is 39.0 Å². The molecule has 1 heterocycles. The van der Waals surface area contributed by atoms with Crippen molar-refractivity contribution >= 4 is 11.6 Å². The highest BCUT2D eigenvalue weighted by Crippen LogP contribution is 2.19. The molecule has 3 N–H and O–H groups in total. The van der Waals surface area contributed by atoms with E-state index in [2.05, 4.69) is 20.8 Å². The molecular weight excluding hydrogens is 268 g/mol. The van der Waals surface area contributed by atoms with Crippen LogP contribution in [-0.2, 0) is 4.79 Å². The number of carbonyl (C=O) groups excluding carboxylic acids is 1. The summed E-state index contributed by atoms with van der Waals surface area (Å²) in [5.74, 6) is -0.0469. The van der Waals surface area contributed by atoms with E-state index in [1.165, 1.54) is 11.0 Å². The molecule has 0 aliphatic heterocycles. The molecule has 1 aromatic heterocycles. The predicted molar refractivity (Wildman–Crippen MR) is 80.0 cm³/mol. The van der Waals surface area contributed by atoms with E-state index in [-0.39, 0.29) is 11.8 Å². The number of rotatable bonds is 5. The minimum absolute atomic E-state index is 0.132. The minimum atomic E-state index is -0.522. The van der Waals surface area contributed by atoms with Crippen LogP contribution in [0.1, 0.15) is 25.8 Å². The lowest BCUT2D eigenvalue weighted by molar-refractivity contribution is -0.118. The van der Waals surface area contributed by atoms with E-state index in [0.29, 0.717) is 5.69 Å². The first kappa shape index (κ1) is 15.1. The van der Waals surface area contributed by atoms with E-state index in [9.17, 15) is 4.79 Å². The van der Waals surface area contributed by atoms with Crippen LogP contribution in [0.5, 0.6) is 0 Å². The van der Waals surface area contributed by atoms with Gasteiger partial charge in [-0.2, -0.15) is 0 Å². The van der Waals surface area contributed by atoms with Crippen LogP contribution in [0.25, 0.3) is 5.69 Å². The number of nitrogens with one attached hydrogen (secondary N) is 1. The van der Waals surface area contributed by atoms with Crippen LogP contribution >= 0.6 is 0 Å². The Morgan fingerprint density at radius 1 is 1.48 bits per heavy atom. The first-order valence-corrected chi connectivity index (χ1v) is 6.93. The summed E-state index contributed by atoms with van der Waals surface area (Å²) in [7, 11) is 0. The third-order valence-electron chi connectivity index (χ3n) is 3.65. The number of aryl methyl sites for hydroxylation is 1. The Hall–Kier alpha value is -2.28. The van der Waals surface area contributed by atoms with Crippen molar-refractivity contribution in [3.8, 4) is 5.69 Å². The summed E-state index contributed by atoms with van der Waals surface area (Å²) in [6, 6.07) is 5.09. The minimum Gasteiger partial charge on any atom is -0.324 e. The van der Waals surface area contributed by atoms with Crippen LogP contribution in [0.4, 0.5) is 5.69 Å². The van der Waals surface area contributed by atoms with Crippen LogP contribution in [0.2, 0.25) is 0 Å². The van der Waals surface area contributed by atoms with Gasteiger partial charge in [0.1, 0.15) is 6.33 Å². The highest BCUT2D eigenvalue weighted by molar-refractivity contribution is 5.95. The zero-order valence-corrected chi connectivity index (χ0v) is 12.4. The quantitative estimate of drug-likeness (QED) is 0.863. The molecule has 0 bridgehead atoms. The smallest absolute Gasteiger partial charge is 0.241 e. The zero-order chi connectivity index (χ0) is 15.4. The predicted octanol–water partition coefficient (Wildman–Crippen LogP) is 1.28. The van der Waals surface area contributed by atoms with E-state index in [1.54, 1.807) is 0 Å². The molecule has 0 aliphatic carbocycles. The summed E-state index contributed by atoms with van der Waals surface area (Å²) >= 11 is 0. The average molecular weight is 288 g/mol. The van der Waals surface area contributed by atoms with Crippen molar-refractivity contribution in [2.24, 2.45) is 11.7 Å². The molecule has 0 spiro atoms. The van der Waals surface area contributed by atoms with Crippen LogP contribution in [-0.4, -0.2) is 32.2 Å². The number of anilines is 1. The molecule has 0 aliphatic rings. The van der Waals surface area contributed by atoms with Crippen molar-refractivity contribution in [3.05, 3.63) is 30.1 Å². The molecular formula is C14H20N6O. The summed E-state index contributed by atoms with van der Waals surface area (Å²) in [6.45, 7) is 5.91. The Morgan fingerprint density at radius 2 is 2.24 bits per heavy atom. The number of hydrogen-bond acceptors (Lipinski definition) is 5. The standard InChI is InChI=1S/C14H20N6O/c1-4-9(2)13(15)14(21)17-12-7-11(6-5-10(12)3)20-8-16-18-19-20/h5-9,13H,4,15H2,1-3H3,(H,17,21). The number of benzene rings is 1. The number of nitrogens with two attached hydrogens (primary N) is 1. The first-order valence-electron chi connectivity index (χ1n) is 6.93. The van der Waals surface area contributed by atoms with Crippen molar-refractivity contribution in [2.75, 3.05) is 5.32 Å². The van der Waals surface area contributed by atoms with Crippen LogP contribution in [0.3, 0.4) is 0 Å². The summed E-state index contributed by atoms with van der Waals surface area (Å²) in [5, 5.41) is 13.9. The van der Waals surface area contributed by atoms with Gasteiger partial charge in [-0.25, -0.2) is 4.68 Å². The fourth-order valence-electron chi connectivity index (χ4n) is 1.90. The monoisotopic (exact) mass is 288 g/mol. The van der Waals surface area contributed by atoms with Gasteiger partial charge in [0, 0.05) is 5.69 Å². The maximum atomic E-state index is 12.2. The molecule has 2 atom stereocenters. The molecule has 2 aromatic rings. The molecule has 0 saturated heterocycles. The van der Waals surface area contributed by atoms with Gasteiger partial charge in [0.25, 0.3) is 0 Å². The van der Waals surface area contributed by atoms with E-state index < -0.39 is 6.04 Å². The second kappa shape index (κ2) is 6.45. The van der Waals surface area contributed by atoms with Gasteiger partial charge in [0.2, 0.25) is 5.91 Å². The molecule has 21 heavy (non-hydrogen) atoms. The van der Waals surface area contributed by atoms with Gasteiger partial charge in [0.15, 0.2) is 0 Å². The second-order valence-electron chi connectivity index (χ2n) is 5.15. The van der Waals surface area contributed by atoms with Gasteiger partial charge in [-0.1, -0.05) is 26.3 Å². The maximum Gasteiger partial charge on any atom is 0.241 e. The first-order chi connectivity index (χ1) is 10.0. The summed E-state index contributed by atoms with van der Waals surface area (Å²) in [6.07, 6.45) is 2.36. The molecule has 1 amide bonds. The molecule has 112 valence electrons.